The molecule has 0 radical (unpaired) electrons. The highest BCUT2D eigenvalue weighted by molar-refractivity contribution is 5.91. The summed E-state index contributed by atoms with van der Waals surface area (Å²) in [7, 11) is 0. The number of carboxylic acid groups (broad SMARTS) is 1. The van der Waals surface area contributed by atoms with Crippen molar-refractivity contribution in [3.8, 4) is 22.4 Å². The Balaban J connectivity index is 1.91. The third-order valence-corrected chi connectivity index (χ3v) is 6.03. The van der Waals surface area contributed by atoms with Crippen LogP contribution in [0.1, 0.15) is 42.9 Å². The molecule has 8 nitrogen and oxygen atoms in total. The molecule has 0 aliphatic rings. The van der Waals surface area contributed by atoms with E-state index >= 15 is 0 Å². The van der Waals surface area contributed by atoms with Crippen LogP contribution in [0.4, 0.5) is 0 Å². The third kappa shape index (κ3) is 6.20. The minimum atomic E-state index is -2.74. The van der Waals surface area contributed by atoms with E-state index in [2.05, 4.69) is 5.32 Å². The van der Waals surface area contributed by atoms with Crippen LogP contribution in [0.3, 0.4) is 0 Å². The van der Waals surface area contributed by atoms with Crippen molar-refractivity contribution >= 4 is 17.8 Å². The summed E-state index contributed by atoms with van der Waals surface area (Å²) in [6.07, 6.45) is 1.06. The van der Waals surface area contributed by atoms with Crippen molar-refractivity contribution in [3.63, 3.8) is 0 Å². The molecule has 2 aromatic carbocycles. The molecular formula is C28H34N4O4. The number of hydrogen-bond acceptors (Lipinski definition) is 4. The fraction of sp³-hybridized carbons (Fsp3) is 0.321. The monoisotopic (exact) mass is 493 g/mol. The molecule has 2 atom stereocenters. The number of aliphatic carboxylic acids is 1. The van der Waals surface area contributed by atoms with Crippen LogP contribution in [0.25, 0.3) is 22.4 Å². The van der Waals surface area contributed by atoms with Gasteiger partial charge in [-0.05, 0) is 39.8 Å². The predicted octanol–water partition coefficient (Wildman–Crippen LogP) is 3.57. The normalized spacial score (nSPS) is 14.6. The van der Waals surface area contributed by atoms with Gasteiger partial charge in [0, 0.05) is 29.5 Å². The van der Waals surface area contributed by atoms with Crippen molar-refractivity contribution < 1.29 is 23.6 Å². The molecule has 0 fully saturated rings. The summed E-state index contributed by atoms with van der Waals surface area (Å²) in [5, 5.41) is 14.1. The average Bonchev–Trinajstić information content (AvgIpc) is 3.33. The number of carboxylic acids is 1. The van der Waals surface area contributed by atoms with E-state index in [0.29, 0.717) is 12.2 Å². The van der Waals surface area contributed by atoms with Gasteiger partial charge in [0.1, 0.15) is 12.1 Å². The van der Waals surface area contributed by atoms with E-state index < -0.39 is 48.7 Å². The molecule has 5 N–H and O–H groups in total. The molecule has 36 heavy (non-hydrogen) atoms. The maximum absolute atomic E-state index is 13.5. The molecular weight excluding hydrogens is 456 g/mol. The summed E-state index contributed by atoms with van der Waals surface area (Å²) in [5.74, 6) is -2.80. The number of carbonyl (C=O) groups is 3. The lowest BCUT2D eigenvalue weighted by atomic mass is 9.86. The van der Waals surface area contributed by atoms with E-state index in [1.807, 2.05) is 53.8 Å². The molecule has 2 amide bonds. The van der Waals surface area contributed by atoms with Crippen LogP contribution in [0.5, 0.6) is 0 Å². The predicted molar refractivity (Wildman–Crippen MR) is 140 cm³/mol. The molecule has 8 heteroatoms. The largest absolute Gasteiger partial charge is 0.481 e. The number of nitrogens with two attached hydrogens (primary N) is 1. The lowest BCUT2D eigenvalue weighted by Crippen LogP contribution is -2.54. The molecule has 2 unspecified atom stereocenters. The van der Waals surface area contributed by atoms with Gasteiger partial charge in [0.05, 0.1) is 6.42 Å². The van der Waals surface area contributed by atoms with Crippen LogP contribution in [-0.2, 0) is 20.9 Å². The smallest absolute Gasteiger partial charge is 0.306 e. The number of benzene rings is 2. The second kappa shape index (κ2) is 11.2. The molecule has 0 saturated heterocycles. The van der Waals surface area contributed by atoms with Crippen LogP contribution in [0.2, 0.25) is 0 Å². The number of amides is 2. The van der Waals surface area contributed by atoms with Crippen LogP contribution >= 0.6 is 0 Å². The zero-order chi connectivity index (χ0) is 29.0. The number of likely N-dealkylation sites (N-methyl/N-ethyl adjacent to an activating group) is 1. The van der Waals surface area contributed by atoms with Crippen LogP contribution < -0.4 is 16.4 Å². The lowest BCUT2D eigenvalue weighted by molar-refractivity contribution is -0.141. The Morgan fingerprint density at radius 2 is 1.56 bits per heavy atom. The zero-order valence-corrected chi connectivity index (χ0v) is 20.6. The lowest BCUT2D eigenvalue weighted by Gasteiger charge is -2.31. The minimum Gasteiger partial charge on any atom is -0.481 e. The van der Waals surface area contributed by atoms with Gasteiger partial charge in [0.2, 0.25) is 11.8 Å². The Kier molecular flexibility index (Phi) is 7.03. The van der Waals surface area contributed by atoms with Gasteiger partial charge in [-0.2, -0.15) is 0 Å². The molecule has 3 rings (SSSR count). The van der Waals surface area contributed by atoms with Crippen molar-refractivity contribution in [2.75, 3.05) is 6.98 Å². The molecule has 1 aromatic heterocycles. The second-order valence-corrected chi connectivity index (χ2v) is 9.69. The molecule has 0 spiro atoms. The first kappa shape index (κ1) is 22.5. The summed E-state index contributed by atoms with van der Waals surface area (Å²) in [4.78, 5) is 37.9. The standard InChI is InChI=1S/C28H34N4O4/c1-28(2,3)25(27(36)30-4)31-26(35)23(16-24(33)34)32-15-5-6-22(32)21-13-11-20(12-14-21)19-9-7-18(17-29)8-10-19/h5-15,23,25H,16-17,29H2,1-4H3,(H,30,36)(H,31,35)(H,33,34)/i4D3. The quantitative estimate of drug-likeness (QED) is 0.362. The van der Waals surface area contributed by atoms with Gasteiger partial charge in [0.15, 0.2) is 0 Å². The van der Waals surface area contributed by atoms with E-state index in [1.54, 1.807) is 43.7 Å². The first-order valence-electron chi connectivity index (χ1n) is 13.1. The Labute approximate surface area is 215 Å². The van der Waals surface area contributed by atoms with Gasteiger partial charge in [-0.3, -0.25) is 14.4 Å². The fourth-order valence-corrected chi connectivity index (χ4v) is 4.05. The van der Waals surface area contributed by atoms with Gasteiger partial charge in [-0.25, -0.2) is 0 Å². The first-order valence-corrected chi connectivity index (χ1v) is 11.6. The van der Waals surface area contributed by atoms with Crippen LogP contribution in [0.15, 0.2) is 66.9 Å². The van der Waals surface area contributed by atoms with Gasteiger partial charge in [-0.15, -0.1) is 0 Å². The van der Waals surface area contributed by atoms with Gasteiger partial charge >= 0.3 is 5.97 Å². The van der Waals surface area contributed by atoms with Crippen molar-refractivity contribution in [2.24, 2.45) is 11.1 Å². The summed E-state index contributed by atoms with van der Waals surface area (Å²) in [6.45, 7) is 2.75. The number of rotatable bonds is 9. The number of hydrogen-bond donors (Lipinski definition) is 4. The molecule has 3 aromatic rings. The number of aromatic nitrogens is 1. The van der Waals surface area contributed by atoms with E-state index in [1.165, 1.54) is 0 Å². The van der Waals surface area contributed by atoms with Crippen molar-refractivity contribution in [1.82, 2.24) is 15.2 Å². The Bertz CT molecular complexity index is 1310. The zero-order valence-electron chi connectivity index (χ0n) is 23.6. The molecule has 0 aliphatic heterocycles. The highest BCUT2D eigenvalue weighted by Crippen LogP contribution is 2.29. The van der Waals surface area contributed by atoms with E-state index in [-0.39, 0.29) is 0 Å². The molecule has 190 valence electrons. The maximum atomic E-state index is 13.5. The molecule has 1 heterocycles. The highest BCUT2D eigenvalue weighted by Gasteiger charge is 2.35. The Hall–Kier alpha value is -3.91. The van der Waals surface area contributed by atoms with E-state index in [4.69, 9.17) is 9.85 Å². The van der Waals surface area contributed by atoms with Gasteiger partial charge in [0.25, 0.3) is 0 Å². The SMILES string of the molecule is [2H]C([2H])([2H])NC(=O)C(NC(=O)C(CC(=O)O)n1cccc1-c1ccc(-c2ccc(CN)cc2)cc1)C(C)(C)C. The summed E-state index contributed by atoms with van der Waals surface area (Å²) in [6, 6.07) is 16.6. The Morgan fingerprint density at radius 3 is 2.08 bits per heavy atom. The highest BCUT2D eigenvalue weighted by atomic mass is 16.4. The summed E-state index contributed by atoms with van der Waals surface area (Å²) >= 11 is 0. The van der Waals surface area contributed by atoms with E-state index in [0.717, 1.165) is 22.3 Å². The third-order valence-electron chi connectivity index (χ3n) is 6.03. The van der Waals surface area contributed by atoms with Crippen molar-refractivity contribution in [3.05, 3.63) is 72.4 Å². The summed E-state index contributed by atoms with van der Waals surface area (Å²) < 4.78 is 23.6. The molecule has 0 bridgehead atoms. The van der Waals surface area contributed by atoms with Gasteiger partial charge < -0.3 is 26.0 Å². The van der Waals surface area contributed by atoms with Crippen LogP contribution in [-0.4, -0.2) is 40.5 Å². The summed E-state index contributed by atoms with van der Waals surface area (Å²) in [5.41, 5.74) is 9.23. The maximum Gasteiger partial charge on any atom is 0.306 e. The fourth-order valence-electron chi connectivity index (χ4n) is 4.05. The number of carbonyl (C=O) groups excluding carboxylic acids is 2. The van der Waals surface area contributed by atoms with Gasteiger partial charge in [-0.1, -0.05) is 69.3 Å². The second-order valence-electron chi connectivity index (χ2n) is 9.69. The van der Waals surface area contributed by atoms with Crippen molar-refractivity contribution in [1.29, 1.82) is 0 Å². The first-order chi connectivity index (χ1) is 18.2. The molecule has 0 aliphatic carbocycles. The Morgan fingerprint density at radius 1 is 0.972 bits per heavy atom. The molecule has 0 saturated carbocycles. The number of nitrogens with one attached hydrogen (secondary N) is 2. The average molecular weight is 494 g/mol. The van der Waals surface area contributed by atoms with E-state index in [9.17, 15) is 19.5 Å². The topological polar surface area (TPSA) is 126 Å². The number of nitrogens with zero attached hydrogens (tertiary/aromatic N) is 1. The van der Waals surface area contributed by atoms with Crippen LogP contribution in [0, 0.1) is 5.41 Å². The van der Waals surface area contributed by atoms with Crippen molar-refractivity contribution in [2.45, 2.75) is 45.8 Å². The minimum absolute atomic E-state index is 0.460.